The molecule has 0 aromatic heterocycles. The molecule has 0 saturated carbocycles. The number of phenols is 1. The second kappa shape index (κ2) is 4.67. The molecule has 78 valence electrons. The highest BCUT2D eigenvalue weighted by molar-refractivity contribution is 6.30. The van der Waals surface area contributed by atoms with Crippen LogP contribution < -0.4 is 0 Å². The summed E-state index contributed by atoms with van der Waals surface area (Å²) in [5.74, 6) is 0.622. The molecule has 0 spiro atoms. The van der Waals surface area contributed by atoms with Gasteiger partial charge in [-0.1, -0.05) is 25.4 Å². The Hall–Kier alpha value is -0.730. The molecule has 2 N–H and O–H groups in total. The van der Waals surface area contributed by atoms with E-state index in [9.17, 15) is 5.11 Å². The summed E-state index contributed by atoms with van der Waals surface area (Å²) in [6.45, 7) is 3.95. The minimum Gasteiger partial charge on any atom is -0.507 e. The van der Waals surface area contributed by atoms with E-state index in [1.807, 2.05) is 0 Å². The fraction of sp³-hybridized carbons (Fsp3) is 0.455. The highest BCUT2D eigenvalue weighted by atomic mass is 35.5. The average molecular weight is 215 g/mol. The molecule has 0 aliphatic rings. The lowest BCUT2D eigenvalue weighted by Crippen LogP contribution is -1.97. The molecule has 1 aromatic rings. The Morgan fingerprint density at radius 1 is 1.29 bits per heavy atom. The Balaban J connectivity index is 3.08. The van der Waals surface area contributed by atoms with Crippen molar-refractivity contribution in [1.29, 1.82) is 0 Å². The monoisotopic (exact) mass is 214 g/mol. The van der Waals surface area contributed by atoms with Crippen molar-refractivity contribution in [2.45, 2.75) is 26.9 Å². The van der Waals surface area contributed by atoms with Gasteiger partial charge in [0.25, 0.3) is 0 Å². The van der Waals surface area contributed by atoms with Crippen LogP contribution in [0.2, 0.25) is 5.02 Å². The fourth-order valence-electron chi connectivity index (χ4n) is 1.43. The van der Waals surface area contributed by atoms with Gasteiger partial charge in [-0.25, -0.2) is 0 Å². The van der Waals surface area contributed by atoms with Crippen LogP contribution in [0.5, 0.6) is 5.75 Å². The van der Waals surface area contributed by atoms with E-state index < -0.39 is 0 Å². The van der Waals surface area contributed by atoms with Gasteiger partial charge in [-0.3, -0.25) is 0 Å². The van der Waals surface area contributed by atoms with Gasteiger partial charge in [-0.15, -0.1) is 0 Å². The summed E-state index contributed by atoms with van der Waals surface area (Å²) < 4.78 is 0. The third-order valence-electron chi connectivity index (χ3n) is 2.03. The quantitative estimate of drug-likeness (QED) is 0.813. The van der Waals surface area contributed by atoms with Gasteiger partial charge in [-0.2, -0.15) is 0 Å². The molecule has 0 aliphatic heterocycles. The third kappa shape index (κ3) is 2.63. The Morgan fingerprint density at radius 2 is 1.86 bits per heavy atom. The lowest BCUT2D eigenvalue weighted by Gasteiger charge is -2.11. The van der Waals surface area contributed by atoms with E-state index in [-0.39, 0.29) is 12.4 Å². The smallest absolute Gasteiger partial charge is 0.124 e. The van der Waals surface area contributed by atoms with E-state index in [0.717, 1.165) is 12.0 Å². The molecule has 2 nitrogen and oxygen atoms in total. The second-order valence-electron chi connectivity index (χ2n) is 3.83. The van der Waals surface area contributed by atoms with Crippen LogP contribution in [0.15, 0.2) is 12.1 Å². The molecule has 0 radical (unpaired) electrons. The largest absolute Gasteiger partial charge is 0.507 e. The van der Waals surface area contributed by atoms with Crippen LogP contribution in [0.1, 0.15) is 25.0 Å². The van der Waals surface area contributed by atoms with Gasteiger partial charge >= 0.3 is 0 Å². The number of aromatic hydroxyl groups is 1. The van der Waals surface area contributed by atoms with E-state index in [2.05, 4.69) is 13.8 Å². The Bertz CT molecular complexity index is 321. The Labute approximate surface area is 89.1 Å². The van der Waals surface area contributed by atoms with Gasteiger partial charge in [0.2, 0.25) is 0 Å². The van der Waals surface area contributed by atoms with Crippen molar-refractivity contribution in [3.63, 3.8) is 0 Å². The van der Waals surface area contributed by atoms with Crippen LogP contribution in [0.25, 0.3) is 0 Å². The highest BCUT2D eigenvalue weighted by Gasteiger charge is 2.09. The van der Waals surface area contributed by atoms with Crippen LogP contribution in [-0.4, -0.2) is 10.2 Å². The number of rotatable bonds is 3. The molecule has 0 bridgehead atoms. The van der Waals surface area contributed by atoms with Crippen molar-refractivity contribution < 1.29 is 10.2 Å². The van der Waals surface area contributed by atoms with Gasteiger partial charge in [0, 0.05) is 10.6 Å². The predicted molar refractivity (Wildman–Crippen MR) is 57.6 cm³/mol. The first-order valence-corrected chi connectivity index (χ1v) is 5.03. The number of aliphatic hydroxyl groups excluding tert-OH is 1. The summed E-state index contributed by atoms with van der Waals surface area (Å²) in [5.41, 5.74) is 1.30. The van der Waals surface area contributed by atoms with Crippen LogP contribution in [0.4, 0.5) is 0 Å². The van der Waals surface area contributed by atoms with Gasteiger partial charge in [0.05, 0.1) is 6.61 Å². The predicted octanol–water partition coefficient (Wildman–Crippen LogP) is 2.74. The minimum absolute atomic E-state index is 0.172. The molecule has 1 rings (SSSR count). The molecule has 0 saturated heterocycles. The highest BCUT2D eigenvalue weighted by Crippen LogP contribution is 2.28. The van der Waals surface area contributed by atoms with Crippen molar-refractivity contribution in [3.8, 4) is 5.75 Å². The first kappa shape index (κ1) is 11.3. The topological polar surface area (TPSA) is 40.5 Å². The molecule has 1 aromatic carbocycles. The normalized spacial score (nSPS) is 10.9. The van der Waals surface area contributed by atoms with Crippen LogP contribution in [0, 0.1) is 5.92 Å². The average Bonchev–Trinajstić information content (AvgIpc) is 2.09. The van der Waals surface area contributed by atoms with Crippen LogP contribution in [-0.2, 0) is 13.0 Å². The number of benzene rings is 1. The molecule has 0 fully saturated rings. The van der Waals surface area contributed by atoms with Crippen molar-refractivity contribution in [2.24, 2.45) is 5.92 Å². The molecule has 0 unspecified atom stereocenters. The first-order valence-electron chi connectivity index (χ1n) is 4.65. The van der Waals surface area contributed by atoms with E-state index >= 15 is 0 Å². The number of halogens is 1. The summed E-state index contributed by atoms with van der Waals surface area (Å²) in [7, 11) is 0. The Kier molecular flexibility index (Phi) is 3.78. The standard InChI is InChI=1S/C11H15ClO2/c1-7(2)3-8-4-10(12)5-9(6-13)11(8)14/h4-5,7,13-14H,3,6H2,1-2H3. The molecule has 0 atom stereocenters. The number of hydrogen-bond donors (Lipinski definition) is 2. The lowest BCUT2D eigenvalue weighted by molar-refractivity contribution is 0.275. The van der Waals surface area contributed by atoms with E-state index in [1.54, 1.807) is 12.1 Å². The molecule has 3 heteroatoms. The van der Waals surface area contributed by atoms with Crippen molar-refractivity contribution >= 4 is 11.6 Å². The zero-order valence-electron chi connectivity index (χ0n) is 8.42. The van der Waals surface area contributed by atoms with Crippen LogP contribution in [0.3, 0.4) is 0 Å². The van der Waals surface area contributed by atoms with Gasteiger partial charge in [0.1, 0.15) is 5.75 Å². The summed E-state index contributed by atoms with van der Waals surface area (Å²) in [6.07, 6.45) is 0.763. The van der Waals surface area contributed by atoms with Gasteiger partial charge in [0.15, 0.2) is 0 Å². The summed E-state index contributed by atoms with van der Waals surface area (Å²) in [6, 6.07) is 3.33. The van der Waals surface area contributed by atoms with E-state index in [4.69, 9.17) is 16.7 Å². The summed E-state index contributed by atoms with van der Waals surface area (Å²) in [5, 5.41) is 19.3. The van der Waals surface area contributed by atoms with E-state index in [0.29, 0.717) is 16.5 Å². The maximum Gasteiger partial charge on any atom is 0.124 e. The Morgan fingerprint density at radius 3 is 2.36 bits per heavy atom. The summed E-state index contributed by atoms with van der Waals surface area (Å²) >= 11 is 5.86. The van der Waals surface area contributed by atoms with Gasteiger partial charge in [-0.05, 0) is 30.0 Å². The number of hydrogen-bond acceptors (Lipinski definition) is 2. The third-order valence-corrected chi connectivity index (χ3v) is 2.25. The molecule has 0 amide bonds. The van der Waals surface area contributed by atoms with Crippen molar-refractivity contribution in [2.75, 3.05) is 0 Å². The van der Waals surface area contributed by atoms with Crippen molar-refractivity contribution in [3.05, 3.63) is 28.3 Å². The van der Waals surface area contributed by atoms with Crippen LogP contribution >= 0.6 is 11.6 Å². The molecule has 0 heterocycles. The van der Waals surface area contributed by atoms with Gasteiger partial charge < -0.3 is 10.2 Å². The van der Waals surface area contributed by atoms with Crippen molar-refractivity contribution in [1.82, 2.24) is 0 Å². The molecule has 0 aliphatic carbocycles. The first-order chi connectivity index (χ1) is 6.54. The zero-order chi connectivity index (χ0) is 10.7. The SMILES string of the molecule is CC(C)Cc1cc(Cl)cc(CO)c1O. The molecular formula is C11H15ClO2. The molecule has 14 heavy (non-hydrogen) atoms. The zero-order valence-corrected chi connectivity index (χ0v) is 9.17. The van der Waals surface area contributed by atoms with E-state index in [1.165, 1.54) is 0 Å². The number of aliphatic hydroxyl groups is 1. The maximum atomic E-state index is 9.74. The summed E-state index contributed by atoms with van der Waals surface area (Å²) in [4.78, 5) is 0. The lowest BCUT2D eigenvalue weighted by atomic mass is 10.00. The second-order valence-corrected chi connectivity index (χ2v) is 4.27. The minimum atomic E-state index is -0.183. The maximum absolute atomic E-state index is 9.74. The fourth-order valence-corrected chi connectivity index (χ4v) is 1.70. The molecular weight excluding hydrogens is 200 g/mol.